The number of aromatic hydroxyl groups is 1. The maximum absolute atomic E-state index is 12.9. The van der Waals surface area contributed by atoms with E-state index < -0.39 is 0 Å². The number of fused-ring (bicyclic) bond motifs is 1. The lowest BCUT2D eigenvalue weighted by Crippen LogP contribution is -2.18. The van der Waals surface area contributed by atoms with Crippen molar-refractivity contribution in [2.45, 2.75) is 0 Å². The van der Waals surface area contributed by atoms with Gasteiger partial charge in [0.15, 0.2) is 11.5 Å². The van der Waals surface area contributed by atoms with E-state index in [2.05, 4.69) is 15.5 Å². The number of hydrazone groups is 1. The van der Waals surface area contributed by atoms with Crippen LogP contribution in [0.4, 0.5) is 0 Å². The summed E-state index contributed by atoms with van der Waals surface area (Å²) in [5.74, 6) is 0.0213. The Morgan fingerprint density at radius 2 is 1.80 bits per heavy atom. The fourth-order valence-corrected chi connectivity index (χ4v) is 3.13. The molecule has 0 saturated carbocycles. The van der Waals surface area contributed by atoms with Gasteiger partial charge in [0, 0.05) is 10.9 Å². The summed E-state index contributed by atoms with van der Waals surface area (Å²) in [6.45, 7) is 0. The van der Waals surface area contributed by atoms with Crippen LogP contribution in [0.1, 0.15) is 15.9 Å². The summed E-state index contributed by atoms with van der Waals surface area (Å²) in [5, 5.41) is 14.6. The first-order valence-electron chi connectivity index (χ1n) is 9.31. The van der Waals surface area contributed by atoms with Gasteiger partial charge in [-0.25, -0.2) is 10.4 Å². The average Bonchev–Trinajstić information content (AvgIpc) is 2.79. The minimum absolute atomic E-state index is 0.000377. The fraction of sp³-hybridized carbons (Fsp3) is 0.0417. The van der Waals surface area contributed by atoms with Crippen LogP contribution >= 0.6 is 0 Å². The number of benzene rings is 3. The van der Waals surface area contributed by atoms with Crippen molar-refractivity contribution in [1.82, 2.24) is 10.4 Å². The maximum Gasteiger partial charge on any atom is 0.272 e. The largest absolute Gasteiger partial charge is 0.504 e. The number of nitrogens with one attached hydrogen (secondary N) is 1. The number of hydrogen-bond acceptors (Lipinski definition) is 5. The van der Waals surface area contributed by atoms with E-state index in [0.29, 0.717) is 22.6 Å². The van der Waals surface area contributed by atoms with Crippen molar-refractivity contribution in [2.75, 3.05) is 7.11 Å². The third-order valence-corrected chi connectivity index (χ3v) is 4.61. The highest BCUT2D eigenvalue weighted by Crippen LogP contribution is 2.26. The quantitative estimate of drug-likeness (QED) is 0.387. The van der Waals surface area contributed by atoms with Crippen LogP contribution in [0.25, 0.3) is 22.2 Å². The molecule has 0 radical (unpaired) electrons. The average molecular weight is 397 g/mol. The zero-order valence-electron chi connectivity index (χ0n) is 16.2. The zero-order valence-corrected chi connectivity index (χ0v) is 16.2. The van der Waals surface area contributed by atoms with E-state index in [1.165, 1.54) is 19.4 Å². The van der Waals surface area contributed by atoms with E-state index in [1.54, 1.807) is 18.2 Å². The molecule has 0 aliphatic heterocycles. The second-order valence-electron chi connectivity index (χ2n) is 6.57. The van der Waals surface area contributed by atoms with Gasteiger partial charge >= 0.3 is 0 Å². The third kappa shape index (κ3) is 3.98. The highest BCUT2D eigenvalue weighted by Gasteiger charge is 2.13. The Bertz CT molecular complexity index is 1240. The van der Waals surface area contributed by atoms with Crippen molar-refractivity contribution in [2.24, 2.45) is 5.10 Å². The van der Waals surface area contributed by atoms with Crippen molar-refractivity contribution >= 4 is 23.0 Å². The number of carbonyl (C=O) groups excluding carboxylic acids is 1. The summed E-state index contributed by atoms with van der Waals surface area (Å²) < 4.78 is 5.02. The molecule has 0 atom stereocenters. The van der Waals surface area contributed by atoms with Gasteiger partial charge in [0.25, 0.3) is 5.91 Å². The highest BCUT2D eigenvalue weighted by atomic mass is 16.5. The summed E-state index contributed by atoms with van der Waals surface area (Å²) in [6, 6.07) is 23.8. The first-order chi connectivity index (χ1) is 14.7. The summed E-state index contributed by atoms with van der Waals surface area (Å²) in [6.07, 6.45) is 1.46. The van der Waals surface area contributed by atoms with E-state index >= 15 is 0 Å². The van der Waals surface area contributed by atoms with Crippen molar-refractivity contribution in [3.63, 3.8) is 0 Å². The number of nitrogens with zero attached hydrogens (tertiary/aromatic N) is 2. The fourth-order valence-electron chi connectivity index (χ4n) is 3.13. The predicted octanol–water partition coefficient (Wildman–Crippen LogP) is 4.38. The number of para-hydroxylation sites is 1. The lowest BCUT2D eigenvalue weighted by Gasteiger charge is -2.09. The number of aromatic nitrogens is 1. The topological polar surface area (TPSA) is 83.8 Å². The number of hydrogen-bond donors (Lipinski definition) is 2. The molecule has 1 aromatic heterocycles. The molecule has 0 bridgehead atoms. The minimum Gasteiger partial charge on any atom is -0.504 e. The summed E-state index contributed by atoms with van der Waals surface area (Å²) >= 11 is 0. The molecule has 0 aliphatic rings. The highest BCUT2D eigenvalue weighted by molar-refractivity contribution is 6.07. The standard InChI is InChI=1S/C24H19N3O3/c1-30-23-12-11-16(13-22(23)28)15-25-27-24(29)19-14-21(17-7-3-2-4-8-17)26-20-10-6-5-9-18(19)20/h2-15,28H,1H3,(H,27,29)/b25-15-. The predicted molar refractivity (Wildman–Crippen MR) is 117 cm³/mol. The summed E-state index contributed by atoms with van der Waals surface area (Å²) in [5.41, 5.74) is 6.03. The number of methoxy groups -OCH3 is 1. The maximum atomic E-state index is 12.9. The molecule has 30 heavy (non-hydrogen) atoms. The van der Waals surface area contributed by atoms with Crippen LogP contribution < -0.4 is 10.2 Å². The molecule has 0 unspecified atom stereocenters. The Kier molecular flexibility index (Phi) is 5.39. The van der Waals surface area contributed by atoms with E-state index in [4.69, 9.17) is 4.74 Å². The summed E-state index contributed by atoms with van der Waals surface area (Å²) in [7, 11) is 1.48. The van der Waals surface area contributed by atoms with Gasteiger partial charge in [-0.05, 0) is 35.9 Å². The Morgan fingerprint density at radius 1 is 1.03 bits per heavy atom. The van der Waals surface area contributed by atoms with Crippen LogP contribution in [0.2, 0.25) is 0 Å². The van der Waals surface area contributed by atoms with Crippen LogP contribution in [0.3, 0.4) is 0 Å². The van der Waals surface area contributed by atoms with Gasteiger partial charge in [-0.3, -0.25) is 4.79 Å². The monoisotopic (exact) mass is 397 g/mol. The molecular weight excluding hydrogens is 378 g/mol. The lowest BCUT2D eigenvalue weighted by molar-refractivity contribution is 0.0956. The van der Waals surface area contributed by atoms with E-state index in [-0.39, 0.29) is 11.7 Å². The molecule has 0 saturated heterocycles. The molecule has 4 aromatic rings. The SMILES string of the molecule is COc1ccc(/C=N\NC(=O)c2cc(-c3ccccc3)nc3ccccc23)cc1O. The third-order valence-electron chi connectivity index (χ3n) is 4.61. The number of phenolic OH excluding ortho intramolecular Hbond substituents is 1. The molecule has 3 aromatic carbocycles. The molecule has 0 fully saturated rings. The molecule has 1 amide bonds. The number of pyridine rings is 1. The van der Waals surface area contributed by atoms with Crippen LogP contribution in [0.15, 0.2) is 84.0 Å². The van der Waals surface area contributed by atoms with E-state index in [9.17, 15) is 9.90 Å². The van der Waals surface area contributed by atoms with Crippen molar-refractivity contribution < 1.29 is 14.6 Å². The number of ether oxygens (including phenoxy) is 1. The van der Waals surface area contributed by atoms with Gasteiger partial charge in [0.05, 0.1) is 30.1 Å². The molecule has 1 heterocycles. The zero-order chi connectivity index (χ0) is 20.9. The molecule has 2 N–H and O–H groups in total. The van der Waals surface area contributed by atoms with Crippen LogP contribution in [-0.2, 0) is 0 Å². The van der Waals surface area contributed by atoms with Gasteiger partial charge in [-0.1, -0.05) is 48.5 Å². The molecular formula is C24H19N3O3. The number of carbonyl (C=O) groups is 1. The van der Waals surface area contributed by atoms with Crippen LogP contribution in [-0.4, -0.2) is 29.3 Å². The molecule has 0 spiro atoms. The Hall–Kier alpha value is -4.19. The number of amides is 1. The van der Waals surface area contributed by atoms with Gasteiger partial charge in [0.1, 0.15) is 0 Å². The Labute approximate surface area is 173 Å². The molecule has 6 heteroatoms. The number of phenols is 1. The van der Waals surface area contributed by atoms with Gasteiger partial charge in [0.2, 0.25) is 0 Å². The first kappa shape index (κ1) is 19.1. The summed E-state index contributed by atoms with van der Waals surface area (Å²) in [4.78, 5) is 17.6. The lowest BCUT2D eigenvalue weighted by atomic mass is 10.0. The van der Waals surface area contributed by atoms with Gasteiger partial charge < -0.3 is 9.84 Å². The second-order valence-corrected chi connectivity index (χ2v) is 6.57. The van der Waals surface area contributed by atoms with E-state index in [0.717, 1.165) is 16.5 Å². The molecule has 148 valence electrons. The second kappa shape index (κ2) is 8.45. The van der Waals surface area contributed by atoms with Crippen molar-refractivity contribution in [3.05, 3.63) is 90.0 Å². The van der Waals surface area contributed by atoms with Crippen molar-refractivity contribution in [1.29, 1.82) is 0 Å². The van der Waals surface area contributed by atoms with Crippen LogP contribution in [0.5, 0.6) is 11.5 Å². The first-order valence-corrected chi connectivity index (χ1v) is 9.31. The molecule has 4 rings (SSSR count). The Balaban J connectivity index is 1.63. The number of rotatable bonds is 5. The Morgan fingerprint density at radius 3 is 2.57 bits per heavy atom. The van der Waals surface area contributed by atoms with Gasteiger partial charge in [-0.15, -0.1) is 0 Å². The van der Waals surface area contributed by atoms with Gasteiger partial charge in [-0.2, -0.15) is 5.10 Å². The van der Waals surface area contributed by atoms with Crippen LogP contribution in [0, 0.1) is 0 Å². The van der Waals surface area contributed by atoms with Crippen molar-refractivity contribution in [3.8, 4) is 22.8 Å². The molecule has 0 aliphatic carbocycles. The van der Waals surface area contributed by atoms with E-state index in [1.807, 2.05) is 54.6 Å². The smallest absolute Gasteiger partial charge is 0.272 e. The normalized spacial score (nSPS) is 11.0. The minimum atomic E-state index is -0.347. The molecule has 6 nitrogen and oxygen atoms in total.